The third-order valence-electron chi connectivity index (χ3n) is 4.50. The molecular weight excluding hydrogens is 390 g/mol. The van der Waals surface area contributed by atoms with Crippen LogP contribution in [0.25, 0.3) is 0 Å². The molecular formula is C19H21N7O2S. The molecule has 1 aliphatic rings. The van der Waals surface area contributed by atoms with E-state index in [1.54, 1.807) is 4.90 Å². The Morgan fingerprint density at radius 3 is 2.86 bits per heavy atom. The first-order valence-electron chi connectivity index (χ1n) is 9.33. The molecule has 29 heavy (non-hydrogen) atoms. The number of carbonyl (C=O) groups is 2. The van der Waals surface area contributed by atoms with E-state index in [9.17, 15) is 9.59 Å². The molecule has 3 aromatic rings. The molecule has 0 bridgehead atoms. The summed E-state index contributed by atoms with van der Waals surface area (Å²) in [4.78, 5) is 35.1. The number of carbonyl (C=O) groups excluding carboxylic acids is 2. The van der Waals surface area contributed by atoms with Crippen LogP contribution in [0.1, 0.15) is 35.4 Å². The second-order valence-electron chi connectivity index (χ2n) is 6.73. The normalized spacial score (nSPS) is 15.1. The number of urea groups is 1. The Bertz CT molecular complexity index is 1000. The number of aromatic amines is 1. The quantitative estimate of drug-likeness (QED) is 0.573. The number of benzene rings is 1. The summed E-state index contributed by atoms with van der Waals surface area (Å²) in [5, 5.41) is 15.2. The topological polar surface area (TPSA) is 116 Å². The van der Waals surface area contributed by atoms with Gasteiger partial charge in [0.1, 0.15) is 11.9 Å². The molecule has 150 valence electrons. The van der Waals surface area contributed by atoms with Gasteiger partial charge in [0.15, 0.2) is 11.0 Å². The van der Waals surface area contributed by atoms with Crippen LogP contribution in [-0.4, -0.2) is 45.2 Å². The van der Waals surface area contributed by atoms with Gasteiger partial charge in [-0.1, -0.05) is 30.3 Å². The molecule has 0 saturated carbocycles. The first kappa shape index (κ1) is 19.1. The Labute approximate surface area is 171 Å². The van der Waals surface area contributed by atoms with Gasteiger partial charge in [0.2, 0.25) is 5.91 Å². The summed E-state index contributed by atoms with van der Waals surface area (Å²) in [5.74, 6) is 0.992. The molecule has 4 rings (SSSR count). The number of nitrogens with one attached hydrogen (secondary N) is 3. The van der Waals surface area contributed by atoms with Crippen LogP contribution in [0.15, 0.2) is 35.7 Å². The van der Waals surface area contributed by atoms with Gasteiger partial charge in [0, 0.05) is 18.5 Å². The summed E-state index contributed by atoms with van der Waals surface area (Å²) in [7, 11) is 0. The van der Waals surface area contributed by atoms with Gasteiger partial charge in [0.25, 0.3) is 0 Å². The fourth-order valence-electron chi connectivity index (χ4n) is 3.12. The van der Waals surface area contributed by atoms with Crippen molar-refractivity contribution in [2.24, 2.45) is 0 Å². The Hall–Kier alpha value is -3.27. The number of thiazole rings is 1. The maximum Gasteiger partial charge on any atom is 0.323 e. The highest BCUT2D eigenvalue weighted by molar-refractivity contribution is 7.14. The van der Waals surface area contributed by atoms with Gasteiger partial charge in [0.05, 0.1) is 12.1 Å². The van der Waals surface area contributed by atoms with E-state index in [-0.39, 0.29) is 18.4 Å². The molecule has 1 aliphatic heterocycles. The number of aryl methyl sites for hydroxylation is 1. The molecule has 1 unspecified atom stereocenters. The zero-order chi connectivity index (χ0) is 20.2. The Morgan fingerprint density at radius 2 is 2.14 bits per heavy atom. The van der Waals surface area contributed by atoms with Gasteiger partial charge >= 0.3 is 6.03 Å². The number of amides is 3. The summed E-state index contributed by atoms with van der Waals surface area (Å²) in [6, 6.07) is 8.97. The average molecular weight is 411 g/mol. The maximum atomic E-state index is 12.7. The highest BCUT2D eigenvalue weighted by Crippen LogP contribution is 2.23. The van der Waals surface area contributed by atoms with Crippen molar-refractivity contribution in [3.63, 3.8) is 0 Å². The van der Waals surface area contributed by atoms with Crippen molar-refractivity contribution < 1.29 is 9.59 Å². The highest BCUT2D eigenvalue weighted by atomic mass is 32.1. The van der Waals surface area contributed by atoms with Crippen LogP contribution >= 0.6 is 11.3 Å². The van der Waals surface area contributed by atoms with Crippen LogP contribution in [0.3, 0.4) is 0 Å². The van der Waals surface area contributed by atoms with E-state index >= 15 is 0 Å². The first-order chi connectivity index (χ1) is 14.1. The minimum atomic E-state index is -0.459. The lowest BCUT2D eigenvalue weighted by Gasteiger charge is -2.24. The van der Waals surface area contributed by atoms with Crippen molar-refractivity contribution in [3.8, 4) is 0 Å². The molecule has 3 N–H and O–H groups in total. The molecule has 0 radical (unpaired) electrons. The standard InChI is InChI=1S/C19H21N7O2S/c1-12-21-17(25-24-12)16(13-6-3-2-4-7-13)23-15(27)10-14-11-29-19(22-14)26-9-5-8-20-18(26)28/h2-4,6-7,11,16H,5,8-10H2,1H3,(H,20,28)(H,23,27)(H,21,24,25). The molecule has 0 spiro atoms. The van der Waals surface area contributed by atoms with Crippen LogP contribution in [0.2, 0.25) is 0 Å². The number of anilines is 1. The zero-order valence-corrected chi connectivity index (χ0v) is 16.7. The monoisotopic (exact) mass is 411 g/mol. The summed E-state index contributed by atoms with van der Waals surface area (Å²) in [6.45, 7) is 3.12. The predicted molar refractivity (Wildman–Crippen MR) is 109 cm³/mol. The molecule has 2 aromatic heterocycles. The van der Waals surface area contributed by atoms with Crippen LogP contribution in [-0.2, 0) is 11.2 Å². The van der Waals surface area contributed by atoms with Gasteiger partial charge in [-0.25, -0.2) is 14.8 Å². The summed E-state index contributed by atoms with van der Waals surface area (Å²) in [5.41, 5.74) is 1.52. The molecule has 1 aromatic carbocycles. The van der Waals surface area contributed by atoms with E-state index in [4.69, 9.17) is 0 Å². The van der Waals surface area contributed by atoms with E-state index in [0.717, 1.165) is 12.0 Å². The highest BCUT2D eigenvalue weighted by Gasteiger charge is 2.24. The van der Waals surface area contributed by atoms with Gasteiger partial charge < -0.3 is 10.6 Å². The molecule has 9 nitrogen and oxygen atoms in total. The van der Waals surface area contributed by atoms with Crippen LogP contribution in [0, 0.1) is 6.92 Å². The van der Waals surface area contributed by atoms with Crippen molar-refractivity contribution >= 4 is 28.4 Å². The second-order valence-corrected chi connectivity index (χ2v) is 7.56. The van der Waals surface area contributed by atoms with E-state index in [0.29, 0.717) is 35.6 Å². The molecule has 3 amide bonds. The van der Waals surface area contributed by atoms with Crippen molar-refractivity contribution in [1.29, 1.82) is 0 Å². The van der Waals surface area contributed by atoms with E-state index in [2.05, 4.69) is 30.8 Å². The lowest BCUT2D eigenvalue weighted by molar-refractivity contribution is -0.121. The first-order valence-corrected chi connectivity index (χ1v) is 10.2. The maximum absolute atomic E-state index is 12.7. The molecule has 1 fully saturated rings. The largest absolute Gasteiger partial charge is 0.342 e. The van der Waals surface area contributed by atoms with Crippen molar-refractivity contribution in [3.05, 3.63) is 58.6 Å². The lowest BCUT2D eigenvalue weighted by Crippen LogP contribution is -2.46. The Morgan fingerprint density at radius 1 is 1.31 bits per heavy atom. The molecule has 0 aliphatic carbocycles. The SMILES string of the molecule is Cc1nc(C(NC(=O)Cc2csc(N3CCCNC3=O)n2)c2ccccc2)n[nH]1. The van der Waals surface area contributed by atoms with Gasteiger partial charge in [-0.15, -0.1) is 11.3 Å². The van der Waals surface area contributed by atoms with Crippen molar-refractivity contribution in [2.45, 2.75) is 25.8 Å². The smallest absolute Gasteiger partial charge is 0.323 e. The number of aromatic nitrogens is 4. The van der Waals surface area contributed by atoms with Crippen molar-refractivity contribution in [1.82, 2.24) is 30.8 Å². The fraction of sp³-hybridized carbons (Fsp3) is 0.316. The van der Waals surface area contributed by atoms with Crippen LogP contribution < -0.4 is 15.5 Å². The molecule has 10 heteroatoms. The zero-order valence-electron chi connectivity index (χ0n) is 15.9. The predicted octanol–water partition coefficient (Wildman–Crippen LogP) is 1.94. The second kappa shape index (κ2) is 8.39. The number of H-pyrrole nitrogens is 1. The Balaban J connectivity index is 1.47. The van der Waals surface area contributed by atoms with Crippen LogP contribution in [0.5, 0.6) is 0 Å². The number of nitrogens with zero attached hydrogens (tertiary/aromatic N) is 4. The van der Waals surface area contributed by atoms with Gasteiger partial charge in [-0.05, 0) is 18.9 Å². The third-order valence-corrected chi connectivity index (χ3v) is 5.42. The molecule has 3 heterocycles. The van der Waals surface area contributed by atoms with Gasteiger partial charge in [-0.2, -0.15) is 5.10 Å². The summed E-state index contributed by atoms with van der Waals surface area (Å²) < 4.78 is 0. The minimum absolute atomic E-state index is 0.110. The van der Waals surface area contributed by atoms with Gasteiger partial charge in [-0.3, -0.25) is 14.8 Å². The Kier molecular flexibility index (Phi) is 5.52. The number of hydrogen-bond donors (Lipinski definition) is 3. The van der Waals surface area contributed by atoms with E-state index < -0.39 is 6.04 Å². The minimum Gasteiger partial charge on any atom is -0.342 e. The number of hydrogen-bond acceptors (Lipinski definition) is 6. The van der Waals surface area contributed by atoms with Crippen molar-refractivity contribution in [2.75, 3.05) is 18.0 Å². The average Bonchev–Trinajstić information content (AvgIpc) is 3.36. The van der Waals surface area contributed by atoms with E-state index in [1.165, 1.54) is 11.3 Å². The molecule has 1 atom stereocenters. The van der Waals surface area contributed by atoms with Crippen LogP contribution in [0.4, 0.5) is 9.93 Å². The summed E-state index contributed by atoms with van der Waals surface area (Å²) >= 11 is 1.36. The number of rotatable bonds is 6. The van der Waals surface area contributed by atoms with E-state index in [1.807, 2.05) is 42.6 Å². The lowest BCUT2D eigenvalue weighted by atomic mass is 10.1. The summed E-state index contributed by atoms with van der Waals surface area (Å²) in [6.07, 6.45) is 0.981. The third kappa shape index (κ3) is 4.43. The fourth-order valence-corrected chi connectivity index (χ4v) is 3.97. The molecule has 1 saturated heterocycles.